The fourth-order valence-corrected chi connectivity index (χ4v) is 1.20. The van der Waals surface area contributed by atoms with E-state index in [1.54, 1.807) is 0 Å². The van der Waals surface area contributed by atoms with Gasteiger partial charge in [0, 0.05) is 0 Å². The molecule has 0 radical (unpaired) electrons. The fourth-order valence-electron chi connectivity index (χ4n) is 1.20. The summed E-state index contributed by atoms with van der Waals surface area (Å²) in [4.78, 5) is 21.0. The lowest BCUT2D eigenvalue weighted by atomic mass is 10.1. The Balaban J connectivity index is -0.000000372. The Bertz CT molecular complexity index is 329. The Morgan fingerprint density at radius 1 is 0.600 bits per heavy atom. The number of carbonyl (C=O) groups is 2. The van der Waals surface area contributed by atoms with Crippen LogP contribution in [-0.4, -0.2) is 131 Å². The average Bonchev–Trinajstić information content (AvgIpc) is 2.62. The topological polar surface area (TPSA) is 268 Å². The fraction of sp³-hybridized carbons (Fsp3) is 0.833. The molecule has 0 aliphatic carbocycles. The second-order valence-electron chi connectivity index (χ2n) is 4.62. The van der Waals surface area contributed by atoms with Gasteiger partial charge in [0.05, 0.1) is 13.2 Å². The highest BCUT2D eigenvalue weighted by Gasteiger charge is 2.29. The summed E-state index contributed by atoms with van der Waals surface area (Å²) in [5.74, 6) is -2.01. The van der Waals surface area contributed by atoms with Gasteiger partial charge in [0.2, 0.25) is 0 Å². The molecule has 0 bridgehead atoms. The first-order valence-electron chi connectivity index (χ1n) is 6.66. The Labute approximate surface area is 142 Å². The third kappa shape index (κ3) is 10.5. The third-order valence-corrected chi connectivity index (χ3v) is 2.78. The van der Waals surface area contributed by atoms with Crippen LogP contribution in [0, 0.1) is 0 Å². The summed E-state index contributed by atoms with van der Waals surface area (Å²) in [5, 5.41) is 86.1. The molecule has 0 rings (SSSR count). The van der Waals surface area contributed by atoms with Crippen LogP contribution in [0.15, 0.2) is 0 Å². The van der Waals surface area contributed by atoms with Gasteiger partial charge in [-0.3, -0.25) is 9.59 Å². The first-order valence-corrected chi connectivity index (χ1v) is 6.66. The molecule has 0 aromatic carbocycles. The molecule has 13 nitrogen and oxygen atoms in total. The summed E-state index contributed by atoms with van der Waals surface area (Å²) in [7, 11) is 0. The molecule has 0 aromatic heterocycles. The molecule has 0 saturated carbocycles. The highest BCUT2D eigenvalue weighted by molar-refractivity contribution is 5.84. The lowest BCUT2D eigenvalue weighted by molar-refractivity contribution is -0.143. The number of aliphatic hydroxyl groups is 10. The molecule has 0 aliphatic heterocycles. The van der Waals surface area contributed by atoms with Crippen LogP contribution < -0.4 is 0 Å². The summed E-state index contributed by atoms with van der Waals surface area (Å²) in [5.41, 5.74) is 0. The molecule has 12 N–H and O–H groups in total. The zero-order valence-corrected chi connectivity index (χ0v) is 13.1. The number of hydrogen-bond donors (Lipinski definition) is 10. The molecule has 25 heavy (non-hydrogen) atoms. The van der Waals surface area contributed by atoms with E-state index in [0.717, 1.165) is 0 Å². The van der Waals surface area contributed by atoms with Crippen LogP contribution in [0.3, 0.4) is 0 Å². The molecule has 0 aromatic rings. The molecule has 0 saturated heterocycles. The predicted molar refractivity (Wildman–Crippen MR) is 78.0 cm³/mol. The van der Waals surface area contributed by atoms with Gasteiger partial charge in [0.15, 0.2) is 11.6 Å². The molecule has 0 spiro atoms. The van der Waals surface area contributed by atoms with Gasteiger partial charge in [0.25, 0.3) is 0 Å². The number of hydrogen-bond acceptors (Lipinski definition) is 12. The second-order valence-corrected chi connectivity index (χ2v) is 4.62. The standard InChI is InChI=1S/2C6H12O6.H2O/c2*7-1-3(9)5(11)6(12)4(10)2-8;/h2*3,5-9,11-12H,1-2H2;1H2/t2*3-,5+,6+;/m11./s1. The number of carbonyl (C=O) groups excluding carboxylic acids is 2. The highest BCUT2D eigenvalue weighted by atomic mass is 16.4. The number of Topliss-reactive ketones (excluding diaryl/α,β-unsaturated/α-hetero) is 2. The number of ketones is 2. The molecule has 0 unspecified atom stereocenters. The molecule has 0 aliphatic rings. The predicted octanol–water partition coefficient (Wildman–Crippen LogP) is -7.58. The van der Waals surface area contributed by atoms with Crippen LogP contribution >= 0.6 is 0 Å². The van der Waals surface area contributed by atoms with Gasteiger partial charge >= 0.3 is 0 Å². The van der Waals surface area contributed by atoms with Crippen molar-refractivity contribution in [1.82, 2.24) is 0 Å². The smallest absolute Gasteiger partial charge is 0.189 e. The van der Waals surface area contributed by atoms with Crippen LogP contribution in [-0.2, 0) is 9.59 Å². The van der Waals surface area contributed by atoms with Crippen LogP contribution in [0.1, 0.15) is 0 Å². The summed E-state index contributed by atoms with van der Waals surface area (Å²) < 4.78 is 0. The number of rotatable bonds is 10. The summed E-state index contributed by atoms with van der Waals surface area (Å²) >= 11 is 0. The Morgan fingerprint density at radius 3 is 1.00 bits per heavy atom. The molecule has 13 heteroatoms. The van der Waals surface area contributed by atoms with E-state index >= 15 is 0 Å². The van der Waals surface area contributed by atoms with Crippen molar-refractivity contribution in [2.75, 3.05) is 26.4 Å². The summed E-state index contributed by atoms with van der Waals surface area (Å²) in [6.07, 6.45) is -10.4. The van der Waals surface area contributed by atoms with E-state index in [2.05, 4.69) is 0 Å². The molecule has 0 amide bonds. The maximum absolute atomic E-state index is 10.5. The maximum Gasteiger partial charge on any atom is 0.189 e. The average molecular weight is 378 g/mol. The van der Waals surface area contributed by atoms with Gasteiger partial charge in [-0.2, -0.15) is 0 Å². The van der Waals surface area contributed by atoms with Crippen LogP contribution in [0.2, 0.25) is 0 Å². The zero-order valence-electron chi connectivity index (χ0n) is 13.1. The number of aliphatic hydroxyl groups excluding tert-OH is 10. The minimum absolute atomic E-state index is 0. The molecule has 152 valence electrons. The van der Waals surface area contributed by atoms with Gasteiger partial charge in [-0.15, -0.1) is 0 Å². The largest absolute Gasteiger partial charge is 0.412 e. The summed E-state index contributed by atoms with van der Waals surface area (Å²) in [6.45, 7) is -3.37. The van der Waals surface area contributed by atoms with Gasteiger partial charge in [0.1, 0.15) is 49.8 Å². The van der Waals surface area contributed by atoms with Crippen molar-refractivity contribution in [3.8, 4) is 0 Å². The maximum atomic E-state index is 10.5. The second kappa shape index (κ2) is 15.2. The van der Waals surface area contributed by atoms with E-state index in [1.807, 2.05) is 0 Å². The van der Waals surface area contributed by atoms with Crippen LogP contribution in [0.4, 0.5) is 0 Å². The molecule has 0 heterocycles. The van der Waals surface area contributed by atoms with E-state index in [4.69, 9.17) is 51.1 Å². The molecule has 0 fully saturated rings. The van der Waals surface area contributed by atoms with Crippen molar-refractivity contribution in [1.29, 1.82) is 0 Å². The van der Waals surface area contributed by atoms with E-state index in [9.17, 15) is 9.59 Å². The first kappa shape index (κ1) is 28.7. The van der Waals surface area contributed by atoms with E-state index in [1.165, 1.54) is 0 Å². The van der Waals surface area contributed by atoms with E-state index in [0.29, 0.717) is 0 Å². The molecular weight excluding hydrogens is 352 g/mol. The van der Waals surface area contributed by atoms with E-state index < -0.39 is 74.6 Å². The van der Waals surface area contributed by atoms with Crippen molar-refractivity contribution in [2.45, 2.75) is 36.6 Å². The minimum Gasteiger partial charge on any atom is -0.412 e. The normalized spacial score (nSPS) is 17.7. The molecular formula is C12H26O13. The van der Waals surface area contributed by atoms with E-state index in [-0.39, 0.29) is 5.48 Å². The van der Waals surface area contributed by atoms with Crippen molar-refractivity contribution in [2.24, 2.45) is 0 Å². The zero-order chi connectivity index (χ0) is 19.4. The van der Waals surface area contributed by atoms with Crippen molar-refractivity contribution in [3.63, 3.8) is 0 Å². The van der Waals surface area contributed by atoms with Crippen molar-refractivity contribution in [3.05, 3.63) is 0 Å². The molecule has 6 atom stereocenters. The highest BCUT2D eigenvalue weighted by Crippen LogP contribution is 2.01. The lowest BCUT2D eigenvalue weighted by Gasteiger charge is -2.19. The Kier molecular flexibility index (Phi) is 17.4. The van der Waals surface area contributed by atoms with Crippen molar-refractivity contribution >= 4 is 11.6 Å². The van der Waals surface area contributed by atoms with Gasteiger partial charge in [-0.25, -0.2) is 0 Å². The van der Waals surface area contributed by atoms with Gasteiger partial charge < -0.3 is 56.5 Å². The Hall–Kier alpha value is -1.10. The minimum atomic E-state index is -1.86. The van der Waals surface area contributed by atoms with Crippen LogP contribution in [0.25, 0.3) is 0 Å². The Morgan fingerprint density at radius 2 is 0.840 bits per heavy atom. The van der Waals surface area contributed by atoms with Gasteiger partial charge in [-0.1, -0.05) is 0 Å². The van der Waals surface area contributed by atoms with Crippen LogP contribution in [0.5, 0.6) is 0 Å². The first-order chi connectivity index (χ1) is 11.1. The SMILES string of the molecule is O.O=C(CO)[C@H](O)[C@@H](O)[C@H](O)CO.O=C(CO)[C@H](O)[C@@H](O)[C@H](O)CO. The quantitative estimate of drug-likeness (QED) is 0.170. The third-order valence-electron chi connectivity index (χ3n) is 2.78. The summed E-state index contributed by atoms with van der Waals surface area (Å²) in [6, 6.07) is 0. The monoisotopic (exact) mass is 378 g/mol. The van der Waals surface area contributed by atoms with Crippen molar-refractivity contribution < 1.29 is 66.1 Å². The lowest BCUT2D eigenvalue weighted by Crippen LogP contribution is -2.44. The van der Waals surface area contributed by atoms with Gasteiger partial charge in [-0.05, 0) is 0 Å².